The molecule has 3 nitrogen and oxygen atoms in total. The van der Waals surface area contributed by atoms with E-state index in [1.807, 2.05) is 24.3 Å². The molecule has 1 aromatic carbocycles. The van der Waals surface area contributed by atoms with Crippen molar-refractivity contribution in [3.05, 3.63) is 59.9 Å². The minimum Gasteiger partial charge on any atom is -0.508 e. The van der Waals surface area contributed by atoms with Crippen LogP contribution in [0.15, 0.2) is 48.8 Å². The van der Waals surface area contributed by atoms with Gasteiger partial charge in [-0.1, -0.05) is 12.1 Å². The van der Waals surface area contributed by atoms with Crippen LogP contribution in [0.3, 0.4) is 0 Å². The Morgan fingerprint density at radius 2 is 1.47 bits per heavy atom. The highest BCUT2D eigenvalue weighted by molar-refractivity contribution is 5.26. The third-order valence-corrected chi connectivity index (χ3v) is 2.68. The molecule has 1 heterocycles. The summed E-state index contributed by atoms with van der Waals surface area (Å²) in [7, 11) is 0. The summed E-state index contributed by atoms with van der Waals surface area (Å²) in [6, 6.07) is 11.2. The van der Waals surface area contributed by atoms with Crippen molar-refractivity contribution >= 4 is 0 Å². The predicted molar refractivity (Wildman–Crippen MR) is 67.7 cm³/mol. The van der Waals surface area contributed by atoms with E-state index in [2.05, 4.69) is 4.98 Å². The van der Waals surface area contributed by atoms with Crippen LogP contribution in [-0.2, 0) is 12.8 Å². The lowest BCUT2D eigenvalue weighted by molar-refractivity contribution is 0.475. The van der Waals surface area contributed by atoms with Crippen LogP contribution in [-0.4, -0.2) is 16.1 Å². The van der Waals surface area contributed by atoms with Gasteiger partial charge in [0.15, 0.2) is 0 Å². The standard InChI is InChI=1S/C14H16N2O/c15-13(10-12-5-7-16-8-6-12)9-11-1-3-14(17)4-2-11/h1-8,13,17H,9-10,15H2. The summed E-state index contributed by atoms with van der Waals surface area (Å²) >= 11 is 0. The Kier molecular flexibility index (Phi) is 3.73. The SMILES string of the molecule is NC(Cc1ccncc1)Cc1ccc(O)cc1. The minimum atomic E-state index is 0.0851. The molecule has 3 heteroatoms. The molecule has 0 aliphatic heterocycles. The Labute approximate surface area is 101 Å². The fourth-order valence-corrected chi connectivity index (χ4v) is 1.83. The van der Waals surface area contributed by atoms with Crippen molar-refractivity contribution in [2.45, 2.75) is 18.9 Å². The zero-order valence-electron chi connectivity index (χ0n) is 9.58. The second-order valence-electron chi connectivity index (χ2n) is 4.19. The van der Waals surface area contributed by atoms with E-state index >= 15 is 0 Å². The maximum atomic E-state index is 9.19. The second-order valence-corrected chi connectivity index (χ2v) is 4.19. The molecule has 0 amide bonds. The summed E-state index contributed by atoms with van der Waals surface area (Å²) in [4.78, 5) is 3.98. The average molecular weight is 228 g/mol. The van der Waals surface area contributed by atoms with Crippen LogP contribution in [0, 0.1) is 0 Å². The summed E-state index contributed by atoms with van der Waals surface area (Å²) in [5.74, 6) is 0.288. The van der Waals surface area contributed by atoms with E-state index in [1.165, 1.54) is 5.56 Å². The van der Waals surface area contributed by atoms with E-state index in [0.717, 1.165) is 18.4 Å². The maximum Gasteiger partial charge on any atom is 0.115 e. The normalized spacial score (nSPS) is 12.3. The van der Waals surface area contributed by atoms with E-state index in [1.54, 1.807) is 24.5 Å². The van der Waals surface area contributed by atoms with Gasteiger partial charge in [0, 0.05) is 18.4 Å². The Balaban J connectivity index is 1.93. The molecule has 0 fully saturated rings. The number of phenolic OH excluding ortho intramolecular Hbond substituents is 1. The first-order valence-corrected chi connectivity index (χ1v) is 5.66. The number of nitrogens with zero attached hydrogens (tertiary/aromatic N) is 1. The van der Waals surface area contributed by atoms with E-state index in [4.69, 9.17) is 5.73 Å². The van der Waals surface area contributed by atoms with Gasteiger partial charge in [-0.2, -0.15) is 0 Å². The van der Waals surface area contributed by atoms with Gasteiger partial charge in [0.05, 0.1) is 0 Å². The summed E-state index contributed by atoms with van der Waals surface area (Å²) in [5, 5.41) is 9.19. The minimum absolute atomic E-state index is 0.0851. The molecule has 0 radical (unpaired) electrons. The Hall–Kier alpha value is -1.87. The first-order chi connectivity index (χ1) is 8.24. The van der Waals surface area contributed by atoms with Crippen LogP contribution < -0.4 is 5.73 Å². The fraction of sp³-hybridized carbons (Fsp3) is 0.214. The third kappa shape index (κ3) is 3.57. The van der Waals surface area contributed by atoms with Gasteiger partial charge in [-0.05, 0) is 48.2 Å². The van der Waals surface area contributed by atoms with Crippen LogP contribution in [0.4, 0.5) is 0 Å². The van der Waals surface area contributed by atoms with Gasteiger partial charge in [0.2, 0.25) is 0 Å². The zero-order chi connectivity index (χ0) is 12.1. The van der Waals surface area contributed by atoms with E-state index < -0.39 is 0 Å². The zero-order valence-corrected chi connectivity index (χ0v) is 9.58. The van der Waals surface area contributed by atoms with Gasteiger partial charge < -0.3 is 10.8 Å². The van der Waals surface area contributed by atoms with Crippen molar-refractivity contribution in [3.8, 4) is 5.75 Å². The smallest absolute Gasteiger partial charge is 0.115 e. The molecular weight excluding hydrogens is 212 g/mol. The molecule has 0 bridgehead atoms. The van der Waals surface area contributed by atoms with Crippen molar-refractivity contribution in [1.82, 2.24) is 4.98 Å². The number of pyridine rings is 1. The number of benzene rings is 1. The number of nitrogens with two attached hydrogens (primary N) is 1. The summed E-state index contributed by atoms with van der Waals surface area (Å²) in [6.07, 6.45) is 5.21. The maximum absolute atomic E-state index is 9.19. The van der Waals surface area contributed by atoms with Crippen molar-refractivity contribution in [2.24, 2.45) is 5.73 Å². The first-order valence-electron chi connectivity index (χ1n) is 5.66. The van der Waals surface area contributed by atoms with E-state index in [0.29, 0.717) is 0 Å². The molecular formula is C14H16N2O. The third-order valence-electron chi connectivity index (χ3n) is 2.68. The summed E-state index contributed by atoms with van der Waals surface area (Å²) < 4.78 is 0. The molecule has 0 aliphatic carbocycles. The van der Waals surface area contributed by atoms with Crippen LogP contribution in [0.25, 0.3) is 0 Å². The summed E-state index contributed by atoms with van der Waals surface area (Å²) in [5.41, 5.74) is 8.44. The van der Waals surface area contributed by atoms with Crippen LogP contribution in [0.2, 0.25) is 0 Å². The Morgan fingerprint density at radius 3 is 2.06 bits per heavy atom. The van der Waals surface area contributed by atoms with Gasteiger partial charge in [0.1, 0.15) is 5.75 Å². The van der Waals surface area contributed by atoms with E-state index in [9.17, 15) is 5.11 Å². The lowest BCUT2D eigenvalue weighted by atomic mass is 10.0. The topological polar surface area (TPSA) is 59.1 Å². The molecule has 88 valence electrons. The van der Waals surface area contributed by atoms with Crippen molar-refractivity contribution in [3.63, 3.8) is 0 Å². The van der Waals surface area contributed by atoms with E-state index in [-0.39, 0.29) is 11.8 Å². The largest absolute Gasteiger partial charge is 0.508 e. The lowest BCUT2D eigenvalue weighted by Gasteiger charge is -2.11. The molecule has 0 saturated heterocycles. The average Bonchev–Trinajstić information content (AvgIpc) is 2.33. The number of aromatic nitrogens is 1. The molecule has 0 aliphatic rings. The fourth-order valence-electron chi connectivity index (χ4n) is 1.83. The number of hydrogen-bond donors (Lipinski definition) is 2. The Bertz CT molecular complexity index is 453. The quantitative estimate of drug-likeness (QED) is 0.840. The van der Waals surface area contributed by atoms with Crippen LogP contribution in [0.5, 0.6) is 5.75 Å². The van der Waals surface area contributed by atoms with Gasteiger partial charge in [-0.3, -0.25) is 4.98 Å². The highest BCUT2D eigenvalue weighted by atomic mass is 16.3. The highest BCUT2D eigenvalue weighted by Crippen LogP contribution is 2.12. The van der Waals surface area contributed by atoms with Gasteiger partial charge in [0.25, 0.3) is 0 Å². The van der Waals surface area contributed by atoms with Crippen molar-refractivity contribution < 1.29 is 5.11 Å². The second kappa shape index (κ2) is 5.46. The lowest BCUT2D eigenvalue weighted by Crippen LogP contribution is -2.25. The molecule has 0 spiro atoms. The van der Waals surface area contributed by atoms with Gasteiger partial charge in [-0.15, -0.1) is 0 Å². The molecule has 2 aromatic rings. The Morgan fingerprint density at radius 1 is 0.941 bits per heavy atom. The summed E-state index contributed by atoms with van der Waals surface area (Å²) in [6.45, 7) is 0. The number of hydrogen-bond acceptors (Lipinski definition) is 3. The number of aromatic hydroxyl groups is 1. The molecule has 3 N–H and O–H groups in total. The van der Waals surface area contributed by atoms with Crippen LogP contribution >= 0.6 is 0 Å². The number of rotatable bonds is 4. The van der Waals surface area contributed by atoms with Crippen molar-refractivity contribution in [1.29, 1.82) is 0 Å². The number of phenols is 1. The predicted octanol–water partition coefficient (Wildman–Crippen LogP) is 1.90. The first kappa shape index (κ1) is 11.6. The monoisotopic (exact) mass is 228 g/mol. The van der Waals surface area contributed by atoms with Gasteiger partial charge in [-0.25, -0.2) is 0 Å². The highest BCUT2D eigenvalue weighted by Gasteiger charge is 2.05. The molecule has 17 heavy (non-hydrogen) atoms. The molecule has 1 aromatic heterocycles. The van der Waals surface area contributed by atoms with Crippen molar-refractivity contribution in [2.75, 3.05) is 0 Å². The molecule has 2 rings (SSSR count). The van der Waals surface area contributed by atoms with Crippen LogP contribution in [0.1, 0.15) is 11.1 Å². The molecule has 1 unspecified atom stereocenters. The van der Waals surface area contributed by atoms with Gasteiger partial charge >= 0.3 is 0 Å². The molecule has 0 saturated carbocycles. The molecule has 1 atom stereocenters.